The molecule has 0 radical (unpaired) electrons. The Morgan fingerprint density at radius 2 is 2.03 bits per heavy atom. The standard InChI is InChI=1S/C23H29NO5/c1-5-27-23(26)18-7-6-12-24(14-18)22(25)19-10-11-21(28-19)29-20-13-17(15(2)3)9-8-16(20)4/h8-11,13,15,18H,5-7,12,14H2,1-4H3. The summed E-state index contributed by atoms with van der Waals surface area (Å²) in [5.41, 5.74) is 2.17. The molecule has 0 aliphatic carbocycles. The minimum Gasteiger partial charge on any atom is -0.466 e. The monoisotopic (exact) mass is 399 g/mol. The average molecular weight is 399 g/mol. The molecule has 156 valence electrons. The Kier molecular flexibility index (Phi) is 6.62. The van der Waals surface area contributed by atoms with Crippen molar-refractivity contribution in [1.82, 2.24) is 4.90 Å². The lowest BCUT2D eigenvalue weighted by atomic mass is 9.98. The number of likely N-dealkylation sites (tertiary alicyclic amines) is 1. The number of esters is 1. The molecule has 1 amide bonds. The van der Waals surface area contributed by atoms with Crippen LogP contribution in [0.5, 0.6) is 11.7 Å². The van der Waals surface area contributed by atoms with E-state index < -0.39 is 0 Å². The Labute approximate surface area is 171 Å². The highest BCUT2D eigenvalue weighted by Crippen LogP contribution is 2.30. The number of rotatable bonds is 6. The zero-order valence-corrected chi connectivity index (χ0v) is 17.6. The summed E-state index contributed by atoms with van der Waals surface area (Å²) in [5.74, 6) is 0.830. The lowest BCUT2D eigenvalue weighted by molar-refractivity contribution is -0.149. The number of nitrogens with zero attached hydrogens (tertiary/aromatic N) is 1. The third-order valence-electron chi connectivity index (χ3n) is 5.21. The predicted molar refractivity (Wildman–Crippen MR) is 109 cm³/mol. The van der Waals surface area contributed by atoms with Crippen molar-refractivity contribution < 1.29 is 23.5 Å². The molecule has 0 N–H and O–H groups in total. The molecule has 29 heavy (non-hydrogen) atoms. The molecular weight excluding hydrogens is 370 g/mol. The molecule has 1 saturated heterocycles. The van der Waals surface area contributed by atoms with Gasteiger partial charge in [-0.3, -0.25) is 9.59 Å². The van der Waals surface area contributed by atoms with Gasteiger partial charge >= 0.3 is 5.97 Å². The first-order chi connectivity index (χ1) is 13.9. The van der Waals surface area contributed by atoms with Gasteiger partial charge in [-0.2, -0.15) is 0 Å². The molecule has 0 bridgehead atoms. The largest absolute Gasteiger partial charge is 0.466 e. The van der Waals surface area contributed by atoms with Gasteiger partial charge in [0.1, 0.15) is 5.75 Å². The lowest BCUT2D eigenvalue weighted by Gasteiger charge is -2.30. The van der Waals surface area contributed by atoms with E-state index in [1.165, 1.54) is 5.56 Å². The molecule has 6 heteroatoms. The Morgan fingerprint density at radius 3 is 2.76 bits per heavy atom. The predicted octanol–water partition coefficient (Wildman–Crippen LogP) is 4.92. The maximum absolute atomic E-state index is 12.8. The topological polar surface area (TPSA) is 69.0 Å². The first kappa shape index (κ1) is 21.0. The van der Waals surface area contributed by atoms with Crippen molar-refractivity contribution in [1.29, 1.82) is 0 Å². The van der Waals surface area contributed by atoms with E-state index in [-0.39, 0.29) is 29.5 Å². The number of aryl methyl sites for hydroxylation is 1. The second-order valence-corrected chi connectivity index (χ2v) is 7.74. The van der Waals surface area contributed by atoms with E-state index in [0.29, 0.717) is 31.4 Å². The smallest absolute Gasteiger partial charge is 0.310 e. The minimum atomic E-state index is -0.278. The van der Waals surface area contributed by atoms with Crippen LogP contribution in [0.3, 0.4) is 0 Å². The average Bonchev–Trinajstić information content (AvgIpc) is 3.17. The van der Waals surface area contributed by atoms with Crippen LogP contribution in [0.25, 0.3) is 0 Å². The summed E-state index contributed by atoms with van der Waals surface area (Å²) in [5, 5.41) is 0. The molecule has 0 saturated carbocycles. The van der Waals surface area contributed by atoms with Gasteiger partial charge in [-0.1, -0.05) is 26.0 Å². The Hall–Kier alpha value is -2.76. The molecule has 1 aromatic carbocycles. The van der Waals surface area contributed by atoms with Crippen LogP contribution < -0.4 is 4.74 Å². The van der Waals surface area contributed by atoms with E-state index >= 15 is 0 Å². The van der Waals surface area contributed by atoms with E-state index in [2.05, 4.69) is 19.9 Å². The quantitative estimate of drug-likeness (QED) is 0.645. The van der Waals surface area contributed by atoms with Gasteiger partial charge in [-0.15, -0.1) is 0 Å². The highest BCUT2D eigenvalue weighted by molar-refractivity contribution is 5.92. The van der Waals surface area contributed by atoms with Crippen LogP contribution in [0.1, 0.15) is 61.2 Å². The third kappa shape index (κ3) is 5.00. The van der Waals surface area contributed by atoms with Gasteiger partial charge < -0.3 is 18.8 Å². The van der Waals surface area contributed by atoms with Crippen molar-refractivity contribution in [3.05, 3.63) is 47.2 Å². The molecule has 1 aromatic heterocycles. The molecule has 2 heterocycles. The molecule has 1 fully saturated rings. The molecule has 0 spiro atoms. The minimum absolute atomic E-state index is 0.210. The summed E-state index contributed by atoms with van der Waals surface area (Å²) in [6, 6.07) is 9.37. The summed E-state index contributed by atoms with van der Waals surface area (Å²) in [7, 11) is 0. The van der Waals surface area contributed by atoms with Gasteiger partial charge in [0.2, 0.25) is 0 Å². The molecule has 6 nitrogen and oxygen atoms in total. The summed E-state index contributed by atoms with van der Waals surface area (Å²) in [6.07, 6.45) is 1.50. The van der Waals surface area contributed by atoms with Crippen LogP contribution in [0.2, 0.25) is 0 Å². The third-order valence-corrected chi connectivity index (χ3v) is 5.21. The molecule has 3 rings (SSSR count). The van der Waals surface area contributed by atoms with Crippen LogP contribution in [0.15, 0.2) is 34.7 Å². The Balaban J connectivity index is 1.69. The SMILES string of the molecule is CCOC(=O)C1CCCN(C(=O)c2ccc(Oc3cc(C(C)C)ccc3C)o2)C1. The van der Waals surface area contributed by atoms with Gasteiger partial charge in [-0.05, 0) is 55.9 Å². The van der Waals surface area contributed by atoms with Gasteiger partial charge in [0.25, 0.3) is 11.9 Å². The van der Waals surface area contributed by atoms with Crippen molar-refractivity contribution in [2.45, 2.75) is 46.5 Å². The summed E-state index contributed by atoms with van der Waals surface area (Å²) in [4.78, 5) is 26.5. The molecule has 1 aliphatic rings. The Morgan fingerprint density at radius 1 is 1.24 bits per heavy atom. The molecule has 1 unspecified atom stereocenters. The highest BCUT2D eigenvalue weighted by Gasteiger charge is 2.31. The number of furan rings is 1. The second-order valence-electron chi connectivity index (χ2n) is 7.74. The van der Waals surface area contributed by atoms with Gasteiger partial charge in [0.05, 0.1) is 12.5 Å². The molecule has 1 aliphatic heterocycles. The fraction of sp³-hybridized carbons (Fsp3) is 0.478. The number of benzene rings is 1. The summed E-state index contributed by atoms with van der Waals surface area (Å²) >= 11 is 0. The fourth-order valence-electron chi connectivity index (χ4n) is 3.45. The van der Waals surface area contributed by atoms with Crippen molar-refractivity contribution in [3.8, 4) is 11.7 Å². The fourth-order valence-corrected chi connectivity index (χ4v) is 3.45. The van der Waals surface area contributed by atoms with Crippen LogP contribution >= 0.6 is 0 Å². The maximum atomic E-state index is 12.8. The van der Waals surface area contributed by atoms with E-state index in [0.717, 1.165) is 18.4 Å². The number of carbonyl (C=O) groups is 2. The van der Waals surface area contributed by atoms with Crippen LogP contribution in [0, 0.1) is 12.8 Å². The van der Waals surface area contributed by atoms with Crippen LogP contribution in [-0.4, -0.2) is 36.5 Å². The lowest BCUT2D eigenvalue weighted by Crippen LogP contribution is -2.42. The number of carbonyl (C=O) groups excluding carboxylic acids is 2. The normalized spacial score (nSPS) is 16.7. The van der Waals surface area contributed by atoms with Gasteiger partial charge in [0, 0.05) is 19.2 Å². The maximum Gasteiger partial charge on any atom is 0.310 e. The first-order valence-corrected chi connectivity index (χ1v) is 10.2. The number of amides is 1. The van der Waals surface area contributed by atoms with Crippen LogP contribution in [-0.2, 0) is 9.53 Å². The number of ether oxygens (including phenoxy) is 2. The van der Waals surface area contributed by atoms with E-state index in [4.69, 9.17) is 13.9 Å². The van der Waals surface area contributed by atoms with Gasteiger partial charge in [0.15, 0.2) is 5.76 Å². The molecule has 1 atom stereocenters. The molecule has 2 aromatic rings. The number of hydrogen-bond acceptors (Lipinski definition) is 5. The van der Waals surface area contributed by atoms with E-state index in [1.54, 1.807) is 24.0 Å². The summed E-state index contributed by atoms with van der Waals surface area (Å²) < 4.78 is 16.7. The van der Waals surface area contributed by atoms with Gasteiger partial charge in [-0.25, -0.2) is 0 Å². The highest BCUT2D eigenvalue weighted by atomic mass is 16.6. The molecular formula is C23H29NO5. The van der Waals surface area contributed by atoms with Crippen LogP contribution in [0.4, 0.5) is 0 Å². The van der Waals surface area contributed by atoms with Crippen molar-refractivity contribution in [3.63, 3.8) is 0 Å². The number of hydrogen-bond donors (Lipinski definition) is 0. The second kappa shape index (κ2) is 9.16. The van der Waals surface area contributed by atoms with E-state index in [1.807, 2.05) is 19.1 Å². The summed E-state index contributed by atoms with van der Waals surface area (Å²) in [6.45, 7) is 9.30. The van der Waals surface area contributed by atoms with Crippen molar-refractivity contribution >= 4 is 11.9 Å². The number of piperidine rings is 1. The van der Waals surface area contributed by atoms with Crippen molar-refractivity contribution in [2.24, 2.45) is 5.92 Å². The zero-order chi connectivity index (χ0) is 21.0. The first-order valence-electron chi connectivity index (χ1n) is 10.2. The zero-order valence-electron chi connectivity index (χ0n) is 17.6. The Bertz CT molecular complexity index is 870. The van der Waals surface area contributed by atoms with E-state index in [9.17, 15) is 9.59 Å². The van der Waals surface area contributed by atoms with Crippen molar-refractivity contribution in [2.75, 3.05) is 19.7 Å².